The van der Waals surface area contributed by atoms with Gasteiger partial charge in [0, 0.05) is 0 Å². The Kier molecular flexibility index (Phi) is 14.1. The van der Waals surface area contributed by atoms with Crippen molar-refractivity contribution in [3.63, 3.8) is 0 Å². The first-order valence-corrected chi connectivity index (χ1v) is 22.6. The molecule has 1 aliphatic carbocycles. The Labute approximate surface area is 378 Å². The molecule has 8 rings (SSSR count). The van der Waals surface area contributed by atoms with Crippen LogP contribution in [0.2, 0.25) is 10.0 Å². The monoisotopic (exact) mass is 888 g/mol. The van der Waals surface area contributed by atoms with Gasteiger partial charge in [0.2, 0.25) is 0 Å². The molecule has 0 bridgehead atoms. The molecule has 0 aliphatic heterocycles. The zero-order valence-electron chi connectivity index (χ0n) is 36.5. The van der Waals surface area contributed by atoms with Gasteiger partial charge in [0.15, 0.2) is 0 Å². The average Bonchev–Trinajstić information content (AvgIpc) is 3.80. The third-order valence-electron chi connectivity index (χ3n) is 11.2. The molecule has 0 N–H and O–H groups in total. The molecular weight excluding hydrogens is 835 g/mol. The van der Waals surface area contributed by atoms with Crippen molar-refractivity contribution in [1.29, 1.82) is 0 Å². The quantitative estimate of drug-likeness (QED) is 0.151. The van der Waals surface area contributed by atoms with Crippen molar-refractivity contribution in [2.75, 3.05) is 0 Å². The van der Waals surface area contributed by atoms with E-state index in [2.05, 4.69) is 173 Å². The van der Waals surface area contributed by atoms with Crippen molar-refractivity contribution >= 4 is 48.0 Å². The van der Waals surface area contributed by atoms with E-state index in [0.29, 0.717) is 11.8 Å². The summed E-state index contributed by atoms with van der Waals surface area (Å²) in [6, 6.07) is 41.2. The normalized spacial score (nSPS) is 13.6. The van der Waals surface area contributed by atoms with Crippen molar-refractivity contribution in [2.24, 2.45) is 17.3 Å². The molecule has 7 aromatic carbocycles. The fourth-order valence-electron chi connectivity index (χ4n) is 8.39. The predicted molar refractivity (Wildman–Crippen MR) is 256 cm³/mol. The molecule has 0 radical (unpaired) electrons. The molecule has 3 heteroatoms. The van der Waals surface area contributed by atoms with Crippen LogP contribution in [0, 0.1) is 64.9 Å². The SMILES string of the molecule is CC(C)C1[C-]=CC(C(C)(C)C)=C1.Cc1cc(C)c(-c2ccc3c(c2)[cH-]c2cc(-c4c(C)cc(C)cc4C)ccc23)c(C)c1.Clc1cccc([C](=[Zr+2])c2cccc(Cl)c2)c1. The summed E-state index contributed by atoms with van der Waals surface area (Å²) in [5, 5.41) is 6.84. The first-order valence-electron chi connectivity index (χ1n) is 20.6. The van der Waals surface area contributed by atoms with E-state index in [1.165, 1.54) is 110 Å². The first-order chi connectivity index (χ1) is 27.9. The molecule has 0 saturated carbocycles. The van der Waals surface area contributed by atoms with Gasteiger partial charge in [0.1, 0.15) is 0 Å². The summed E-state index contributed by atoms with van der Waals surface area (Å²) in [6.45, 7) is 24.5. The number of fused-ring (bicyclic) bond motifs is 3. The molecule has 1 aliphatic rings. The van der Waals surface area contributed by atoms with Crippen LogP contribution in [0.1, 0.15) is 79.1 Å². The van der Waals surface area contributed by atoms with Gasteiger partial charge in [-0.15, -0.1) is 39.7 Å². The van der Waals surface area contributed by atoms with Crippen LogP contribution < -0.4 is 0 Å². The predicted octanol–water partition coefficient (Wildman–Crippen LogP) is 16.6. The Morgan fingerprint density at radius 1 is 0.610 bits per heavy atom. The maximum atomic E-state index is 5.98. The van der Waals surface area contributed by atoms with E-state index in [4.69, 9.17) is 23.2 Å². The molecule has 0 saturated heterocycles. The Hall–Kier alpha value is -4.00. The number of aryl methyl sites for hydroxylation is 6. The number of hydrogen-bond donors (Lipinski definition) is 0. The van der Waals surface area contributed by atoms with Gasteiger partial charge in [-0.1, -0.05) is 123 Å². The Morgan fingerprint density at radius 2 is 1.03 bits per heavy atom. The third-order valence-corrected chi connectivity index (χ3v) is 13.1. The zero-order chi connectivity index (χ0) is 42.8. The molecule has 1 unspecified atom stereocenters. The van der Waals surface area contributed by atoms with E-state index < -0.39 is 0 Å². The molecular formula is C56H56Cl2Zr. The number of halogens is 2. The number of hydrogen-bond acceptors (Lipinski definition) is 0. The molecule has 0 spiro atoms. The Balaban J connectivity index is 0.000000174. The van der Waals surface area contributed by atoms with Gasteiger partial charge in [-0.2, -0.15) is 11.6 Å². The van der Waals surface area contributed by atoms with Gasteiger partial charge >= 0.3 is 120 Å². The summed E-state index contributed by atoms with van der Waals surface area (Å²) in [5.74, 6) is 1.22. The standard InChI is InChI=1S/C31H29.C13H8Cl2.C12H19.Zr/c1-18-11-20(3)30(21(4)12-18)24-7-9-28-26(15-24)17-27-16-25(8-10-29(27)28)31-22(5)13-19(2)14-23(31)6;14-12-5-1-3-10(8-12)7-11-4-2-6-13(15)9-11;1-9(2)10-6-7-11(8-10)12(3,4)5;/h7-17H,1-6H3;1-6,8-9H;7-10H,1-5H3;/q-1;;-1;+2. The van der Waals surface area contributed by atoms with E-state index in [1.807, 2.05) is 36.4 Å². The molecule has 1 atom stereocenters. The first kappa shape index (κ1) is 44.6. The van der Waals surface area contributed by atoms with Gasteiger partial charge in [0.05, 0.1) is 0 Å². The van der Waals surface area contributed by atoms with E-state index in [1.54, 1.807) is 0 Å². The second kappa shape index (κ2) is 18.7. The van der Waals surface area contributed by atoms with Crippen molar-refractivity contribution in [1.82, 2.24) is 0 Å². The molecule has 0 nitrogen and oxygen atoms in total. The van der Waals surface area contributed by atoms with Crippen LogP contribution in [-0.2, 0) is 24.2 Å². The van der Waals surface area contributed by atoms with E-state index in [9.17, 15) is 0 Å². The van der Waals surface area contributed by atoms with E-state index in [-0.39, 0.29) is 5.41 Å². The average molecular weight is 891 g/mol. The van der Waals surface area contributed by atoms with Crippen LogP contribution in [0.5, 0.6) is 0 Å². The van der Waals surface area contributed by atoms with E-state index >= 15 is 0 Å². The summed E-state index contributed by atoms with van der Waals surface area (Å²) in [4.78, 5) is 0. The van der Waals surface area contributed by atoms with Crippen molar-refractivity contribution in [3.8, 4) is 22.3 Å². The van der Waals surface area contributed by atoms with Crippen LogP contribution >= 0.6 is 23.2 Å². The van der Waals surface area contributed by atoms with Gasteiger partial charge in [0.25, 0.3) is 0 Å². The molecule has 0 fully saturated rings. The second-order valence-electron chi connectivity index (χ2n) is 17.6. The van der Waals surface area contributed by atoms with Crippen molar-refractivity contribution in [3.05, 3.63) is 194 Å². The molecule has 298 valence electrons. The summed E-state index contributed by atoms with van der Waals surface area (Å²) >= 11 is 13.3. The molecule has 59 heavy (non-hydrogen) atoms. The summed E-state index contributed by atoms with van der Waals surface area (Å²) in [6.07, 6.45) is 7.90. The fraction of sp³-hybridized carbons (Fsp3) is 0.250. The number of benzene rings is 6. The fourth-order valence-corrected chi connectivity index (χ4v) is 9.53. The zero-order valence-corrected chi connectivity index (χ0v) is 40.5. The molecule has 0 heterocycles. The van der Waals surface area contributed by atoms with Crippen LogP contribution in [0.15, 0.2) is 133 Å². The van der Waals surface area contributed by atoms with Crippen LogP contribution in [0.3, 0.4) is 0 Å². The van der Waals surface area contributed by atoms with Crippen LogP contribution in [0.25, 0.3) is 43.8 Å². The summed E-state index contributed by atoms with van der Waals surface area (Å²) in [7, 11) is 0. The van der Waals surface area contributed by atoms with Crippen LogP contribution in [-0.4, -0.2) is 3.21 Å². The van der Waals surface area contributed by atoms with Crippen molar-refractivity contribution < 1.29 is 24.2 Å². The Bertz CT molecular complexity index is 2520. The maximum absolute atomic E-state index is 5.98. The number of rotatable bonds is 5. The number of allylic oxidation sites excluding steroid dienone is 4. The van der Waals surface area contributed by atoms with Crippen molar-refractivity contribution in [2.45, 2.75) is 76.2 Å². The topological polar surface area (TPSA) is 0 Å². The second-order valence-corrected chi connectivity index (χ2v) is 19.7. The minimum atomic E-state index is 0.288. The van der Waals surface area contributed by atoms with Gasteiger partial charge in [-0.25, -0.2) is 6.08 Å². The molecule has 0 aromatic heterocycles. The van der Waals surface area contributed by atoms with Gasteiger partial charge in [-0.3, -0.25) is 6.08 Å². The minimum absolute atomic E-state index is 0.288. The van der Waals surface area contributed by atoms with Gasteiger partial charge < -0.3 is 0 Å². The van der Waals surface area contributed by atoms with Gasteiger partial charge in [-0.05, 0) is 74.9 Å². The third kappa shape index (κ3) is 10.7. The molecule has 0 amide bonds. The summed E-state index contributed by atoms with van der Waals surface area (Å²) < 4.78 is 1.26. The van der Waals surface area contributed by atoms with E-state index in [0.717, 1.165) is 21.2 Å². The molecule has 7 aromatic rings. The summed E-state index contributed by atoms with van der Waals surface area (Å²) in [5.41, 5.74) is 17.4. The van der Waals surface area contributed by atoms with Crippen LogP contribution in [0.4, 0.5) is 0 Å². The Morgan fingerprint density at radius 3 is 1.37 bits per heavy atom.